The Morgan fingerprint density at radius 1 is 1.11 bits per heavy atom. The first-order valence-electron chi connectivity index (χ1n) is 10.5. The molecular formula is C20H33N3O4S. The van der Waals surface area contributed by atoms with E-state index in [1.165, 1.54) is 30.0 Å². The van der Waals surface area contributed by atoms with Crippen molar-refractivity contribution in [2.75, 3.05) is 13.1 Å². The van der Waals surface area contributed by atoms with E-state index in [2.05, 4.69) is 10.5 Å². The predicted molar refractivity (Wildman–Crippen MR) is 106 cm³/mol. The van der Waals surface area contributed by atoms with Gasteiger partial charge in [0.1, 0.15) is 10.6 Å². The molecule has 28 heavy (non-hydrogen) atoms. The zero-order valence-corrected chi connectivity index (χ0v) is 18.1. The summed E-state index contributed by atoms with van der Waals surface area (Å²) in [5.41, 5.74) is 0.399. The number of hydrogen-bond donors (Lipinski definition) is 1. The van der Waals surface area contributed by atoms with Crippen LogP contribution in [0.3, 0.4) is 0 Å². The van der Waals surface area contributed by atoms with Crippen molar-refractivity contribution >= 4 is 15.9 Å². The highest BCUT2D eigenvalue weighted by molar-refractivity contribution is 7.89. The van der Waals surface area contributed by atoms with Crippen LogP contribution in [0.4, 0.5) is 0 Å². The number of aromatic nitrogens is 1. The molecule has 0 aromatic carbocycles. The van der Waals surface area contributed by atoms with E-state index in [0.29, 0.717) is 43.4 Å². The van der Waals surface area contributed by atoms with Crippen LogP contribution in [-0.4, -0.2) is 42.9 Å². The van der Waals surface area contributed by atoms with Crippen molar-refractivity contribution in [2.45, 2.75) is 83.1 Å². The quantitative estimate of drug-likeness (QED) is 0.751. The zero-order valence-electron chi connectivity index (χ0n) is 17.2. The van der Waals surface area contributed by atoms with E-state index in [1.54, 1.807) is 13.8 Å². The minimum absolute atomic E-state index is 0.0906. The molecule has 2 fully saturated rings. The lowest BCUT2D eigenvalue weighted by molar-refractivity contribution is -0.127. The van der Waals surface area contributed by atoms with Gasteiger partial charge in [-0.15, -0.1) is 0 Å². The number of carbonyl (C=O) groups is 1. The van der Waals surface area contributed by atoms with Gasteiger partial charge in [-0.25, -0.2) is 8.42 Å². The summed E-state index contributed by atoms with van der Waals surface area (Å²) in [6.45, 7) is 6.11. The van der Waals surface area contributed by atoms with Gasteiger partial charge in [0.2, 0.25) is 15.9 Å². The molecule has 0 unspecified atom stereocenters. The van der Waals surface area contributed by atoms with Crippen LogP contribution in [0.5, 0.6) is 0 Å². The second-order valence-electron chi connectivity index (χ2n) is 8.38. The number of rotatable bonds is 5. The lowest BCUT2D eigenvalue weighted by Gasteiger charge is -2.34. The molecule has 0 spiro atoms. The Morgan fingerprint density at radius 2 is 1.71 bits per heavy atom. The third-order valence-corrected chi connectivity index (χ3v) is 8.53. The van der Waals surface area contributed by atoms with E-state index in [1.807, 2.05) is 6.92 Å². The monoisotopic (exact) mass is 411 g/mol. The summed E-state index contributed by atoms with van der Waals surface area (Å²) in [6.07, 6.45) is 8.46. The van der Waals surface area contributed by atoms with Gasteiger partial charge in [-0.2, -0.15) is 4.31 Å². The summed E-state index contributed by atoms with van der Waals surface area (Å²) in [6, 6.07) is 0.303. The molecule has 1 saturated carbocycles. The number of carbonyl (C=O) groups excluding carboxylic acids is 1. The minimum atomic E-state index is -3.60. The SMILES string of the molecule is Cc1noc(C)c1S(=O)(=O)N1CCC([C@H](C)C(=O)NC2CCCCCC2)CC1. The van der Waals surface area contributed by atoms with Crippen LogP contribution in [0.25, 0.3) is 0 Å². The maximum absolute atomic E-state index is 12.9. The average Bonchev–Trinajstić information content (AvgIpc) is 2.86. The largest absolute Gasteiger partial charge is 0.360 e. The van der Waals surface area contributed by atoms with Crippen molar-refractivity contribution in [1.29, 1.82) is 0 Å². The Morgan fingerprint density at radius 3 is 2.25 bits per heavy atom. The molecule has 0 radical (unpaired) electrons. The van der Waals surface area contributed by atoms with Crippen molar-refractivity contribution in [1.82, 2.24) is 14.8 Å². The van der Waals surface area contributed by atoms with E-state index in [4.69, 9.17) is 4.52 Å². The number of hydrogen-bond acceptors (Lipinski definition) is 5. The zero-order chi connectivity index (χ0) is 20.3. The molecule has 1 saturated heterocycles. The van der Waals surface area contributed by atoms with Gasteiger partial charge in [-0.3, -0.25) is 4.79 Å². The molecule has 1 N–H and O–H groups in total. The maximum Gasteiger partial charge on any atom is 0.248 e. The molecular weight excluding hydrogens is 378 g/mol. The van der Waals surface area contributed by atoms with Crippen molar-refractivity contribution < 1.29 is 17.7 Å². The van der Waals surface area contributed by atoms with Crippen molar-refractivity contribution in [3.63, 3.8) is 0 Å². The standard InChI is InChI=1S/C20H33N3O4S/c1-14(20(24)21-18-8-6-4-5-7-9-18)17-10-12-23(13-11-17)28(25,26)19-15(2)22-27-16(19)3/h14,17-18H,4-13H2,1-3H3,(H,21,24)/t14-/m0/s1. The highest BCUT2D eigenvalue weighted by Crippen LogP contribution is 2.31. The van der Waals surface area contributed by atoms with Crippen LogP contribution >= 0.6 is 0 Å². The van der Waals surface area contributed by atoms with Crippen LogP contribution in [-0.2, 0) is 14.8 Å². The van der Waals surface area contributed by atoms with Crippen LogP contribution < -0.4 is 5.32 Å². The Kier molecular flexibility index (Phi) is 6.81. The van der Waals surface area contributed by atoms with Gasteiger partial charge in [0.15, 0.2) is 5.76 Å². The molecule has 1 atom stereocenters. The Hall–Kier alpha value is -1.41. The number of amides is 1. The summed E-state index contributed by atoms with van der Waals surface area (Å²) in [5, 5.41) is 7.02. The highest BCUT2D eigenvalue weighted by atomic mass is 32.2. The Balaban J connectivity index is 1.56. The molecule has 158 valence electrons. The van der Waals surface area contributed by atoms with E-state index in [-0.39, 0.29) is 22.6 Å². The van der Waals surface area contributed by atoms with E-state index in [0.717, 1.165) is 12.8 Å². The molecule has 0 bridgehead atoms. The van der Waals surface area contributed by atoms with Gasteiger partial charge in [-0.1, -0.05) is 37.8 Å². The fraction of sp³-hybridized carbons (Fsp3) is 0.800. The summed E-state index contributed by atoms with van der Waals surface area (Å²) >= 11 is 0. The summed E-state index contributed by atoms with van der Waals surface area (Å²) < 4.78 is 32.4. The van der Waals surface area contributed by atoms with Crippen molar-refractivity contribution in [2.24, 2.45) is 11.8 Å². The Bertz CT molecular complexity index is 754. The molecule has 2 heterocycles. The molecule has 7 nitrogen and oxygen atoms in total. The van der Waals surface area contributed by atoms with Gasteiger partial charge < -0.3 is 9.84 Å². The van der Waals surface area contributed by atoms with Crippen LogP contribution in [0, 0.1) is 25.7 Å². The second kappa shape index (κ2) is 8.95. The molecule has 1 aromatic heterocycles. The molecule has 2 aliphatic rings. The van der Waals surface area contributed by atoms with Gasteiger partial charge in [-0.05, 0) is 45.4 Å². The van der Waals surface area contributed by atoms with Gasteiger partial charge in [0.05, 0.1) is 0 Å². The molecule has 8 heteroatoms. The normalized spacial score (nSPS) is 22.0. The first kappa shape index (κ1) is 21.3. The lowest BCUT2D eigenvalue weighted by atomic mass is 9.85. The first-order valence-corrected chi connectivity index (χ1v) is 12.0. The van der Waals surface area contributed by atoms with E-state index in [9.17, 15) is 13.2 Å². The number of nitrogens with zero attached hydrogens (tertiary/aromatic N) is 2. The summed E-state index contributed by atoms with van der Waals surface area (Å²) in [7, 11) is -3.60. The number of aryl methyl sites for hydroxylation is 2. The molecule has 3 rings (SSSR count). The van der Waals surface area contributed by atoms with Crippen LogP contribution in [0.2, 0.25) is 0 Å². The highest BCUT2D eigenvalue weighted by Gasteiger charge is 2.36. The third kappa shape index (κ3) is 4.59. The summed E-state index contributed by atoms with van der Waals surface area (Å²) in [5.74, 6) is 0.573. The topological polar surface area (TPSA) is 92.5 Å². The van der Waals surface area contributed by atoms with Gasteiger partial charge in [0, 0.05) is 25.0 Å². The fourth-order valence-electron chi connectivity index (χ4n) is 4.56. The maximum atomic E-state index is 12.9. The number of nitrogens with one attached hydrogen (secondary N) is 1. The lowest BCUT2D eigenvalue weighted by Crippen LogP contribution is -2.44. The van der Waals surface area contributed by atoms with Gasteiger partial charge in [0.25, 0.3) is 0 Å². The third-order valence-electron chi connectivity index (χ3n) is 6.39. The minimum Gasteiger partial charge on any atom is -0.360 e. The van der Waals surface area contributed by atoms with Crippen LogP contribution in [0.15, 0.2) is 9.42 Å². The fourth-order valence-corrected chi connectivity index (χ4v) is 6.32. The van der Waals surface area contributed by atoms with Crippen molar-refractivity contribution in [3.8, 4) is 0 Å². The molecule has 1 aliphatic heterocycles. The van der Waals surface area contributed by atoms with Crippen molar-refractivity contribution in [3.05, 3.63) is 11.5 Å². The Labute approximate surface area is 168 Å². The van der Waals surface area contributed by atoms with E-state index < -0.39 is 10.0 Å². The number of piperidine rings is 1. The average molecular weight is 412 g/mol. The van der Waals surface area contributed by atoms with Crippen LogP contribution in [0.1, 0.15) is 69.7 Å². The van der Waals surface area contributed by atoms with E-state index >= 15 is 0 Å². The molecule has 1 amide bonds. The number of sulfonamides is 1. The smallest absolute Gasteiger partial charge is 0.248 e. The molecule has 1 aliphatic carbocycles. The summed E-state index contributed by atoms with van der Waals surface area (Å²) in [4.78, 5) is 12.9. The van der Waals surface area contributed by atoms with Gasteiger partial charge >= 0.3 is 0 Å². The molecule has 1 aromatic rings. The second-order valence-corrected chi connectivity index (χ2v) is 10.3. The predicted octanol–water partition coefficient (Wildman–Crippen LogP) is 3.17. The first-order chi connectivity index (χ1) is 13.3.